The summed E-state index contributed by atoms with van der Waals surface area (Å²) in [6.07, 6.45) is 0.542. The number of likely N-dealkylation sites (tertiary alicyclic amines) is 2. The third-order valence-corrected chi connectivity index (χ3v) is 18.0. The Morgan fingerprint density at radius 3 is 1.51 bits per heavy atom. The zero-order valence-corrected chi connectivity index (χ0v) is 46.9. The first-order chi connectivity index (χ1) is 36.6. The number of hydrogen-bond acceptors (Lipinski definition) is 14. The van der Waals surface area contributed by atoms with E-state index < -0.39 is 52.2 Å². The maximum atomic E-state index is 16.5. The summed E-state index contributed by atoms with van der Waals surface area (Å²) < 4.78 is 94.6. The topological polar surface area (TPSA) is 202 Å². The predicted octanol–water partition coefficient (Wildman–Crippen LogP) is 9.76. The molecular weight excluding hydrogens is 1020 g/mol. The minimum atomic E-state index is -4.92. The molecule has 410 valence electrons. The number of rotatable bonds is 16. The second-order valence-corrected chi connectivity index (χ2v) is 25.4. The summed E-state index contributed by atoms with van der Waals surface area (Å²) >= 11 is 0. The number of methoxy groups -OCH3 is 3. The van der Waals surface area contributed by atoms with Crippen LogP contribution in [0.2, 0.25) is 0 Å². The number of carbonyl (C=O) groups excluding carboxylic acids is 2. The molecule has 0 atom stereocenters. The van der Waals surface area contributed by atoms with Crippen LogP contribution in [0.25, 0.3) is 22.5 Å². The van der Waals surface area contributed by atoms with Gasteiger partial charge in [0.25, 0.3) is 0 Å². The molecule has 0 saturated carbocycles. The van der Waals surface area contributed by atoms with Gasteiger partial charge < -0.3 is 33.5 Å². The molecule has 18 nitrogen and oxygen atoms in total. The standard InChI is InChI=1S/C57H69N7O11S2/c1-56(2,3)74-54(65)61-32-28-43(29-33-61)42-16-18-44(19-17-42)49-26-27-50(76(67,68)48-30-34-62(35-31-48)55(66)75-57(4,5)6)52(51(49)53-58-59-60-64(53)38-41-14-24-47(73-9)25-15-41)77(69,70)63(36-39-10-20-45(71-7)21-11-39)37-40-12-22-46(72-8)23-13-40/h10-27,43,48H,28-38H2,1-9H3. The average Bonchev–Trinajstić information content (AvgIpc) is 4.01. The zero-order chi connectivity index (χ0) is 55.3. The van der Waals surface area contributed by atoms with E-state index in [1.54, 1.807) is 114 Å². The fourth-order valence-electron chi connectivity index (χ4n) is 9.64. The van der Waals surface area contributed by atoms with Crippen LogP contribution in [0.5, 0.6) is 17.2 Å². The van der Waals surface area contributed by atoms with E-state index >= 15 is 16.8 Å². The monoisotopic (exact) mass is 1090 g/mol. The number of tetrazole rings is 1. The molecule has 2 amide bonds. The lowest BCUT2D eigenvalue weighted by molar-refractivity contribution is 0.0199. The van der Waals surface area contributed by atoms with Gasteiger partial charge in [0.2, 0.25) is 10.0 Å². The molecule has 0 N–H and O–H groups in total. The summed E-state index contributed by atoms with van der Waals surface area (Å²) in [4.78, 5) is 28.5. The minimum Gasteiger partial charge on any atom is -0.497 e. The Kier molecular flexibility index (Phi) is 17.0. The first-order valence-corrected chi connectivity index (χ1v) is 28.7. The highest BCUT2D eigenvalue weighted by atomic mass is 32.2. The van der Waals surface area contributed by atoms with Crippen LogP contribution >= 0.6 is 0 Å². The highest BCUT2D eigenvalue weighted by Crippen LogP contribution is 2.44. The second kappa shape index (κ2) is 23.3. The molecule has 2 fully saturated rings. The van der Waals surface area contributed by atoms with Crippen molar-refractivity contribution < 1.29 is 50.1 Å². The number of nitrogens with zero attached hydrogens (tertiary/aromatic N) is 7. The van der Waals surface area contributed by atoms with Gasteiger partial charge in [0.1, 0.15) is 33.3 Å². The van der Waals surface area contributed by atoms with Gasteiger partial charge in [-0.2, -0.15) is 4.31 Å². The van der Waals surface area contributed by atoms with Crippen molar-refractivity contribution in [3.8, 4) is 39.8 Å². The van der Waals surface area contributed by atoms with E-state index in [-0.39, 0.29) is 69.0 Å². The molecular formula is C57H69N7O11S2. The molecule has 6 aromatic rings. The quantitative estimate of drug-likeness (QED) is 0.0886. The van der Waals surface area contributed by atoms with Gasteiger partial charge in [0.15, 0.2) is 15.7 Å². The van der Waals surface area contributed by atoms with Crippen molar-refractivity contribution in [3.63, 3.8) is 0 Å². The number of benzene rings is 5. The molecule has 20 heteroatoms. The van der Waals surface area contributed by atoms with Crippen molar-refractivity contribution in [2.24, 2.45) is 0 Å². The fourth-order valence-corrected chi connectivity index (χ4v) is 13.8. The van der Waals surface area contributed by atoms with Crippen molar-refractivity contribution in [1.82, 2.24) is 34.3 Å². The van der Waals surface area contributed by atoms with Crippen LogP contribution in [0.15, 0.2) is 119 Å². The van der Waals surface area contributed by atoms with Crippen molar-refractivity contribution in [2.45, 2.75) is 119 Å². The van der Waals surface area contributed by atoms with E-state index in [0.717, 1.165) is 11.1 Å². The van der Waals surface area contributed by atoms with Gasteiger partial charge in [-0.15, -0.1) is 5.10 Å². The van der Waals surface area contributed by atoms with E-state index in [0.29, 0.717) is 65.4 Å². The summed E-state index contributed by atoms with van der Waals surface area (Å²) in [5.41, 5.74) is 2.55. The zero-order valence-electron chi connectivity index (χ0n) is 45.3. The van der Waals surface area contributed by atoms with E-state index in [9.17, 15) is 9.59 Å². The SMILES string of the molecule is COc1ccc(CN(Cc2ccc(OC)cc2)S(=O)(=O)c2c(S(=O)(=O)C3CCN(C(=O)OC(C)(C)C)CC3)ccc(-c3ccc(C4CCN(C(=O)OC(C)(C)C)CC4)cc3)c2-c2nnnn2Cc2ccc(OC)cc2)cc1. The molecule has 2 saturated heterocycles. The van der Waals surface area contributed by atoms with Crippen molar-refractivity contribution in [3.05, 3.63) is 131 Å². The van der Waals surface area contributed by atoms with Crippen LogP contribution in [0, 0.1) is 0 Å². The fraction of sp³-hybridized carbons (Fsp3) is 0.421. The van der Waals surface area contributed by atoms with Crippen LogP contribution in [-0.2, 0) is 49.0 Å². The van der Waals surface area contributed by atoms with E-state index in [1.807, 2.05) is 57.2 Å². The molecule has 0 unspecified atom stereocenters. The first kappa shape index (κ1) is 56.2. The summed E-state index contributed by atoms with van der Waals surface area (Å²) in [5, 5.41) is 12.0. The number of sulfone groups is 1. The summed E-state index contributed by atoms with van der Waals surface area (Å²) in [5.74, 6) is 1.90. The Bertz CT molecular complexity index is 3180. The van der Waals surface area contributed by atoms with Crippen LogP contribution in [0.3, 0.4) is 0 Å². The van der Waals surface area contributed by atoms with Gasteiger partial charge in [-0.05, 0) is 159 Å². The van der Waals surface area contributed by atoms with Gasteiger partial charge >= 0.3 is 12.2 Å². The Balaban J connectivity index is 1.31. The highest BCUT2D eigenvalue weighted by Gasteiger charge is 2.42. The Morgan fingerprint density at radius 2 is 1.05 bits per heavy atom. The van der Waals surface area contributed by atoms with E-state index in [4.69, 9.17) is 23.7 Å². The first-order valence-electron chi connectivity index (χ1n) is 25.7. The summed E-state index contributed by atoms with van der Waals surface area (Å²) in [6.45, 7) is 11.7. The number of sulfonamides is 1. The van der Waals surface area contributed by atoms with Crippen molar-refractivity contribution >= 4 is 32.0 Å². The van der Waals surface area contributed by atoms with Gasteiger partial charge in [0.05, 0.1) is 43.6 Å². The normalized spacial score (nSPS) is 15.1. The predicted molar refractivity (Wildman–Crippen MR) is 291 cm³/mol. The Labute approximate surface area is 452 Å². The largest absolute Gasteiger partial charge is 0.497 e. The Morgan fingerprint density at radius 1 is 0.597 bits per heavy atom. The number of piperidine rings is 2. The van der Waals surface area contributed by atoms with Gasteiger partial charge in [-0.1, -0.05) is 66.7 Å². The van der Waals surface area contributed by atoms with Crippen molar-refractivity contribution in [2.75, 3.05) is 47.5 Å². The number of hydrogen-bond donors (Lipinski definition) is 0. The highest BCUT2D eigenvalue weighted by molar-refractivity contribution is 7.94. The lowest BCUT2D eigenvalue weighted by Crippen LogP contribution is -2.44. The van der Waals surface area contributed by atoms with Gasteiger partial charge in [-0.3, -0.25) is 0 Å². The number of aromatic nitrogens is 4. The maximum Gasteiger partial charge on any atom is 0.410 e. The van der Waals surface area contributed by atoms with Crippen molar-refractivity contribution in [1.29, 1.82) is 0 Å². The molecule has 0 bridgehead atoms. The molecule has 0 radical (unpaired) electrons. The number of carbonyl (C=O) groups is 2. The maximum absolute atomic E-state index is 16.5. The summed E-state index contributed by atoms with van der Waals surface area (Å²) in [7, 11) is -4.81. The van der Waals surface area contributed by atoms with Crippen LogP contribution in [0.4, 0.5) is 9.59 Å². The molecule has 0 aliphatic carbocycles. The van der Waals surface area contributed by atoms with Crippen LogP contribution in [0.1, 0.15) is 95.4 Å². The smallest absolute Gasteiger partial charge is 0.410 e. The molecule has 3 heterocycles. The third kappa shape index (κ3) is 13.4. The van der Waals surface area contributed by atoms with Crippen LogP contribution in [-0.4, -0.2) is 127 Å². The average molecular weight is 1090 g/mol. The molecule has 2 aliphatic rings. The third-order valence-electron chi connectivity index (χ3n) is 13.7. The molecule has 0 spiro atoms. The van der Waals surface area contributed by atoms with Gasteiger partial charge in [-0.25, -0.2) is 31.1 Å². The van der Waals surface area contributed by atoms with E-state index in [2.05, 4.69) is 15.5 Å². The number of amides is 2. The van der Waals surface area contributed by atoms with Crippen LogP contribution < -0.4 is 14.2 Å². The molecule has 1 aromatic heterocycles. The molecule has 2 aliphatic heterocycles. The lowest BCUT2D eigenvalue weighted by Gasteiger charge is -2.34. The Hall–Kier alpha value is -7.03. The molecule has 5 aromatic carbocycles. The van der Waals surface area contributed by atoms with E-state index in [1.165, 1.54) is 20.0 Å². The summed E-state index contributed by atoms with van der Waals surface area (Å²) in [6, 6.07) is 32.1. The minimum absolute atomic E-state index is 0.0105. The number of ether oxygens (including phenoxy) is 5. The second-order valence-electron chi connectivity index (χ2n) is 21.4. The van der Waals surface area contributed by atoms with Gasteiger partial charge in [0, 0.05) is 39.3 Å². The molecule has 77 heavy (non-hydrogen) atoms. The molecule has 8 rings (SSSR count). The lowest BCUT2D eigenvalue weighted by atomic mass is 9.88.